The van der Waals surface area contributed by atoms with Gasteiger partial charge in [0.15, 0.2) is 0 Å². The molecule has 0 fully saturated rings. The SMILES string of the molecule is CCOC(=O)C(C)(NCC(O)c1ccccc1)C(C)C. The van der Waals surface area contributed by atoms with Crippen LogP contribution in [0.4, 0.5) is 0 Å². The van der Waals surface area contributed by atoms with Gasteiger partial charge in [-0.2, -0.15) is 0 Å². The van der Waals surface area contributed by atoms with Crippen LogP contribution in [0.3, 0.4) is 0 Å². The van der Waals surface area contributed by atoms with E-state index >= 15 is 0 Å². The summed E-state index contributed by atoms with van der Waals surface area (Å²) in [5.74, 6) is -0.222. The Morgan fingerprint density at radius 1 is 1.35 bits per heavy atom. The summed E-state index contributed by atoms with van der Waals surface area (Å²) in [5.41, 5.74) is 0.0288. The molecule has 0 aromatic heterocycles. The van der Waals surface area contributed by atoms with Crippen LogP contribution in [0.25, 0.3) is 0 Å². The third kappa shape index (κ3) is 4.05. The van der Waals surface area contributed by atoms with Crippen LogP contribution in [0.5, 0.6) is 0 Å². The van der Waals surface area contributed by atoms with Gasteiger partial charge in [0.2, 0.25) is 0 Å². The van der Waals surface area contributed by atoms with Gasteiger partial charge < -0.3 is 9.84 Å². The number of rotatable bonds is 7. The number of hydrogen-bond acceptors (Lipinski definition) is 4. The van der Waals surface area contributed by atoms with Crippen molar-refractivity contribution in [1.29, 1.82) is 0 Å². The standard InChI is InChI=1S/C16H25NO3/c1-5-20-15(19)16(4,12(2)3)17-11-14(18)13-9-7-6-8-10-13/h6-10,12,14,17-18H,5,11H2,1-4H3. The Morgan fingerprint density at radius 3 is 2.45 bits per heavy atom. The second-order valence-electron chi connectivity index (χ2n) is 5.38. The molecule has 0 amide bonds. The Morgan fingerprint density at radius 2 is 1.95 bits per heavy atom. The number of nitrogens with one attached hydrogen (secondary N) is 1. The molecule has 0 radical (unpaired) electrons. The fraction of sp³-hybridized carbons (Fsp3) is 0.562. The summed E-state index contributed by atoms with van der Waals surface area (Å²) in [6, 6.07) is 9.39. The summed E-state index contributed by atoms with van der Waals surface area (Å²) >= 11 is 0. The Labute approximate surface area is 121 Å². The Bertz CT molecular complexity index is 419. The summed E-state index contributed by atoms with van der Waals surface area (Å²) in [6.45, 7) is 8.17. The van der Waals surface area contributed by atoms with Gasteiger partial charge >= 0.3 is 5.97 Å². The first-order valence-corrected chi connectivity index (χ1v) is 7.07. The summed E-state index contributed by atoms with van der Waals surface area (Å²) in [4.78, 5) is 12.1. The number of benzene rings is 1. The molecule has 2 N–H and O–H groups in total. The molecule has 4 nitrogen and oxygen atoms in total. The average Bonchev–Trinajstić information content (AvgIpc) is 2.45. The molecule has 1 rings (SSSR count). The van der Waals surface area contributed by atoms with Gasteiger partial charge in [-0.05, 0) is 25.3 Å². The lowest BCUT2D eigenvalue weighted by Crippen LogP contribution is -2.55. The number of carbonyl (C=O) groups is 1. The normalized spacial score (nSPS) is 15.7. The van der Waals surface area contributed by atoms with Gasteiger partial charge in [-0.1, -0.05) is 44.2 Å². The molecule has 2 unspecified atom stereocenters. The number of esters is 1. The molecule has 0 aliphatic heterocycles. The first kappa shape index (κ1) is 16.7. The number of carbonyl (C=O) groups excluding carboxylic acids is 1. The predicted octanol–water partition coefficient (Wildman–Crippen LogP) is 2.29. The quantitative estimate of drug-likeness (QED) is 0.752. The molecule has 4 heteroatoms. The van der Waals surface area contributed by atoms with E-state index in [1.54, 1.807) is 6.92 Å². The van der Waals surface area contributed by atoms with Crippen molar-refractivity contribution in [3.8, 4) is 0 Å². The van der Waals surface area contributed by atoms with Crippen molar-refractivity contribution in [2.45, 2.75) is 39.3 Å². The smallest absolute Gasteiger partial charge is 0.326 e. The monoisotopic (exact) mass is 279 g/mol. The van der Waals surface area contributed by atoms with Crippen LogP contribution in [-0.4, -0.2) is 29.8 Å². The van der Waals surface area contributed by atoms with Crippen LogP contribution < -0.4 is 5.32 Å². The third-order valence-corrected chi connectivity index (χ3v) is 3.70. The van der Waals surface area contributed by atoms with Gasteiger partial charge in [0.1, 0.15) is 5.54 Å². The molecule has 2 atom stereocenters. The topological polar surface area (TPSA) is 58.6 Å². The highest BCUT2D eigenvalue weighted by molar-refractivity contribution is 5.80. The minimum absolute atomic E-state index is 0.0597. The van der Waals surface area contributed by atoms with E-state index in [2.05, 4.69) is 5.32 Å². The molecule has 0 aliphatic carbocycles. The molecule has 0 saturated heterocycles. The van der Waals surface area contributed by atoms with E-state index < -0.39 is 11.6 Å². The van der Waals surface area contributed by atoms with Crippen molar-refractivity contribution in [3.63, 3.8) is 0 Å². The zero-order chi connectivity index (χ0) is 15.2. The maximum Gasteiger partial charge on any atom is 0.326 e. The van der Waals surface area contributed by atoms with Crippen molar-refractivity contribution in [2.75, 3.05) is 13.2 Å². The van der Waals surface area contributed by atoms with Gasteiger partial charge in [-0.3, -0.25) is 10.1 Å². The molecule has 112 valence electrons. The number of aliphatic hydroxyl groups excluding tert-OH is 1. The van der Waals surface area contributed by atoms with Crippen molar-refractivity contribution < 1.29 is 14.6 Å². The van der Waals surface area contributed by atoms with E-state index in [4.69, 9.17) is 4.74 Å². The summed E-state index contributed by atoms with van der Waals surface area (Å²) in [7, 11) is 0. The molecule has 0 spiro atoms. The average molecular weight is 279 g/mol. The van der Waals surface area contributed by atoms with Crippen molar-refractivity contribution in [3.05, 3.63) is 35.9 Å². The molecule has 0 saturated carbocycles. The van der Waals surface area contributed by atoms with E-state index in [1.165, 1.54) is 0 Å². The van der Waals surface area contributed by atoms with Crippen LogP contribution >= 0.6 is 0 Å². The molecule has 1 aromatic rings. The molecular weight excluding hydrogens is 254 g/mol. The summed E-state index contributed by atoms with van der Waals surface area (Å²) < 4.78 is 5.12. The van der Waals surface area contributed by atoms with Crippen LogP contribution in [-0.2, 0) is 9.53 Å². The van der Waals surface area contributed by atoms with E-state index in [9.17, 15) is 9.90 Å². The van der Waals surface area contributed by atoms with Crippen LogP contribution in [0.1, 0.15) is 39.4 Å². The van der Waals surface area contributed by atoms with E-state index in [-0.39, 0.29) is 11.9 Å². The maximum absolute atomic E-state index is 12.1. The highest BCUT2D eigenvalue weighted by atomic mass is 16.5. The molecule has 1 aromatic carbocycles. The van der Waals surface area contributed by atoms with Gasteiger partial charge in [-0.25, -0.2) is 0 Å². The number of hydrogen-bond donors (Lipinski definition) is 2. The molecule has 0 aliphatic rings. The Hall–Kier alpha value is -1.39. The molecule has 0 bridgehead atoms. The van der Waals surface area contributed by atoms with Gasteiger partial charge in [-0.15, -0.1) is 0 Å². The first-order valence-electron chi connectivity index (χ1n) is 7.07. The zero-order valence-electron chi connectivity index (χ0n) is 12.7. The van der Waals surface area contributed by atoms with Crippen molar-refractivity contribution in [1.82, 2.24) is 5.32 Å². The second kappa shape index (κ2) is 7.41. The second-order valence-corrected chi connectivity index (χ2v) is 5.38. The lowest BCUT2D eigenvalue weighted by atomic mass is 9.88. The Kier molecular flexibility index (Phi) is 6.17. The molecule has 0 heterocycles. The Balaban J connectivity index is 2.70. The highest BCUT2D eigenvalue weighted by Crippen LogP contribution is 2.20. The minimum atomic E-state index is -0.800. The number of ether oxygens (including phenoxy) is 1. The lowest BCUT2D eigenvalue weighted by Gasteiger charge is -2.33. The number of β-amino-alcohol motifs (C(OH)–C–C–N with tert-alkyl or cyclic N) is 1. The number of aliphatic hydroxyl groups is 1. The zero-order valence-corrected chi connectivity index (χ0v) is 12.7. The fourth-order valence-corrected chi connectivity index (χ4v) is 1.89. The highest BCUT2D eigenvalue weighted by Gasteiger charge is 2.38. The van der Waals surface area contributed by atoms with Crippen LogP contribution in [0.15, 0.2) is 30.3 Å². The van der Waals surface area contributed by atoms with E-state index in [0.29, 0.717) is 13.2 Å². The van der Waals surface area contributed by atoms with E-state index in [1.807, 2.05) is 51.1 Å². The molecular formula is C16H25NO3. The van der Waals surface area contributed by atoms with Gasteiger partial charge in [0.25, 0.3) is 0 Å². The minimum Gasteiger partial charge on any atom is -0.465 e. The maximum atomic E-state index is 12.1. The largest absolute Gasteiger partial charge is 0.465 e. The predicted molar refractivity (Wildman–Crippen MR) is 79.3 cm³/mol. The van der Waals surface area contributed by atoms with E-state index in [0.717, 1.165) is 5.56 Å². The van der Waals surface area contributed by atoms with Crippen LogP contribution in [0, 0.1) is 5.92 Å². The third-order valence-electron chi connectivity index (χ3n) is 3.70. The lowest BCUT2D eigenvalue weighted by molar-refractivity contribution is -0.152. The van der Waals surface area contributed by atoms with Gasteiger partial charge in [0, 0.05) is 6.54 Å². The van der Waals surface area contributed by atoms with Gasteiger partial charge in [0.05, 0.1) is 12.7 Å². The first-order chi connectivity index (χ1) is 9.41. The molecule has 20 heavy (non-hydrogen) atoms. The van der Waals surface area contributed by atoms with Crippen LogP contribution in [0.2, 0.25) is 0 Å². The van der Waals surface area contributed by atoms with Crippen molar-refractivity contribution >= 4 is 5.97 Å². The van der Waals surface area contributed by atoms with Crippen molar-refractivity contribution in [2.24, 2.45) is 5.92 Å². The fourth-order valence-electron chi connectivity index (χ4n) is 1.89. The summed E-state index contributed by atoms with van der Waals surface area (Å²) in [5, 5.41) is 13.3. The summed E-state index contributed by atoms with van der Waals surface area (Å²) in [6.07, 6.45) is -0.649.